The second-order valence-corrected chi connectivity index (χ2v) is 5.49. The zero-order valence-corrected chi connectivity index (χ0v) is 14.3. The molecule has 0 fully saturated rings. The van der Waals surface area contributed by atoms with Crippen LogP contribution in [0.4, 0.5) is 4.79 Å². The van der Waals surface area contributed by atoms with Crippen molar-refractivity contribution in [3.8, 4) is 11.5 Å². The molecule has 2 aromatic carbocycles. The highest BCUT2D eigenvalue weighted by molar-refractivity contribution is 5.74. The van der Waals surface area contributed by atoms with Gasteiger partial charge in [0.15, 0.2) is 0 Å². The highest BCUT2D eigenvalue weighted by Crippen LogP contribution is 2.17. The molecule has 1 unspecified atom stereocenters. The van der Waals surface area contributed by atoms with Gasteiger partial charge >= 0.3 is 6.03 Å². The summed E-state index contributed by atoms with van der Waals surface area (Å²) in [6, 6.07) is 15.2. The average Bonchev–Trinajstić information content (AvgIpc) is 2.62. The van der Waals surface area contributed by atoms with Crippen molar-refractivity contribution in [3.05, 3.63) is 59.7 Å². The molecule has 0 radical (unpaired) electrons. The van der Waals surface area contributed by atoms with Crippen LogP contribution >= 0.6 is 0 Å². The number of ether oxygens (including phenoxy) is 2. The van der Waals surface area contributed by atoms with Crippen LogP contribution in [0.5, 0.6) is 11.5 Å². The summed E-state index contributed by atoms with van der Waals surface area (Å²) in [6.45, 7) is 2.53. The SMILES string of the molecule is COc1ccc(CCNC(=O)NC(C)c2ccc(OC)cc2)cc1. The molecule has 0 saturated carbocycles. The van der Waals surface area contributed by atoms with Crippen molar-refractivity contribution < 1.29 is 14.3 Å². The Kier molecular flexibility index (Phi) is 6.49. The quantitative estimate of drug-likeness (QED) is 0.820. The van der Waals surface area contributed by atoms with Crippen molar-refractivity contribution in [1.29, 1.82) is 0 Å². The van der Waals surface area contributed by atoms with E-state index < -0.39 is 0 Å². The van der Waals surface area contributed by atoms with E-state index in [9.17, 15) is 4.79 Å². The van der Waals surface area contributed by atoms with Crippen LogP contribution in [0.2, 0.25) is 0 Å². The van der Waals surface area contributed by atoms with E-state index in [0.29, 0.717) is 6.54 Å². The van der Waals surface area contributed by atoms with E-state index >= 15 is 0 Å². The molecule has 0 spiro atoms. The molecule has 0 heterocycles. The molecular weight excluding hydrogens is 304 g/mol. The molecule has 1 atom stereocenters. The standard InChI is InChI=1S/C19H24N2O3/c1-14(16-6-10-18(24-3)11-7-16)21-19(22)20-13-12-15-4-8-17(23-2)9-5-15/h4-11,14H,12-13H2,1-3H3,(H2,20,21,22). The number of carbonyl (C=O) groups is 1. The number of methoxy groups -OCH3 is 2. The molecule has 2 rings (SSSR count). The summed E-state index contributed by atoms with van der Waals surface area (Å²) in [5.74, 6) is 1.63. The Morgan fingerprint density at radius 1 is 0.958 bits per heavy atom. The molecule has 5 nitrogen and oxygen atoms in total. The van der Waals surface area contributed by atoms with E-state index in [1.807, 2.05) is 55.5 Å². The molecule has 0 aliphatic heterocycles. The van der Waals surface area contributed by atoms with Crippen molar-refractivity contribution in [3.63, 3.8) is 0 Å². The summed E-state index contributed by atoms with van der Waals surface area (Å²) >= 11 is 0. The summed E-state index contributed by atoms with van der Waals surface area (Å²) in [6.07, 6.45) is 0.772. The van der Waals surface area contributed by atoms with Crippen LogP contribution in [0.15, 0.2) is 48.5 Å². The maximum absolute atomic E-state index is 12.0. The third-order valence-electron chi connectivity index (χ3n) is 3.82. The van der Waals surface area contributed by atoms with E-state index in [0.717, 1.165) is 29.0 Å². The van der Waals surface area contributed by atoms with Gasteiger partial charge in [-0.25, -0.2) is 4.79 Å². The molecule has 0 aromatic heterocycles. The lowest BCUT2D eigenvalue weighted by molar-refractivity contribution is 0.238. The van der Waals surface area contributed by atoms with E-state index in [-0.39, 0.29) is 12.1 Å². The number of amides is 2. The number of rotatable bonds is 7. The van der Waals surface area contributed by atoms with Crippen molar-refractivity contribution in [2.75, 3.05) is 20.8 Å². The lowest BCUT2D eigenvalue weighted by atomic mass is 10.1. The van der Waals surface area contributed by atoms with E-state index in [4.69, 9.17) is 9.47 Å². The minimum Gasteiger partial charge on any atom is -0.497 e. The Hall–Kier alpha value is -2.69. The number of carbonyl (C=O) groups excluding carboxylic acids is 1. The molecule has 5 heteroatoms. The van der Waals surface area contributed by atoms with Crippen LogP contribution in [-0.2, 0) is 6.42 Å². The Morgan fingerprint density at radius 2 is 1.50 bits per heavy atom. The van der Waals surface area contributed by atoms with E-state index in [1.165, 1.54) is 0 Å². The van der Waals surface area contributed by atoms with Crippen LogP contribution in [-0.4, -0.2) is 26.8 Å². The largest absolute Gasteiger partial charge is 0.497 e. The molecule has 2 aromatic rings. The monoisotopic (exact) mass is 328 g/mol. The van der Waals surface area contributed by atoms with Gasteiger partial charge in [0, 0.05) is 6.54 Å². The molecule has 128 valence electrons. The molecule has 0 aliphatic rings. The van der Waals surface area contributed by atoms with Gasteiger partial charge in [-0.2, -0.15) is 0 Å². The predicted molar refractivity (Wildman–Crippen MR) is 94.6 cm³/mol. The summed E-state index contributed by atoms with van der Waals surface area (Å²) in [4.78, 5) is 12.0. The molecule has 0 bridgehead atoms. The first-order valence-corrected chi connectivity index (χ1v) is 7.93. The molecule has 2 amide bonds. The van der Waals surface area contributed by atoms with Crippen LogP contribution in [0.1, 0.15) is 24.1 Å². The first-order valence-electron chi connectivity index (χ1n) is 7.93. The third-order valence-corrected chi connectivity index (χ3v) is 3.82. The topological polar surface area (TPSA) is 59.6 Å². The van der Waals surface area contributed by atoms with Crippen LogP contribution in [0.25, 0.3) is 0 Å². The highest BCUT2D eigenvalue weighted by atomic mass is 16.5. The number of urea groups is 1. The number of hydrogen-bond acceptors (Lipinski definition) is 3. The number of benzene rings is 2. The summed E-state index contributed by atoms with van der Waals surface area (Å²) in [7, 11) is 3.28. The summed E-state index contributed by atoms with van der Waals surface area (Å²) < 4.78 is 10.3. The second-order valence-electron chi connectivity index (χ2n) is 5.49. The van der Waals surface area contributed by atoms with Crippen LogP contribution < -0.4 is 20.1 Å². The Labute approximate surface area is 143 Å². The zero-order chi connectivity index (χ0) is 17.4. The van der Waals surface area contributed by atoms with Crippen molar-refractivity contribution >= 4 is 6.03 Å². The lowest BCUT2D eigenvalue weighted by Crippen LogP contribution is -2.38. The number of hydrogen-bond donors (Lipinski definition) is 2. The van der Waals surface area contributed by atoms with Gasteiger partial charge in [0.1, 0.15) is 11.5 Å². The van der Waals surface area contributed by atoms with Crippen molar-refractivity contribution in [2.24, 2.45) is 0 Å². The fraction of sp³-hybridized carbons (Fsp3) is 0.316. The normalized spacial score (nSPS) is 11.5. The Balaban J connectivity index is 1.75. The third kappa shape index (κ3) is 5.19. The fourth-order valence-corrected chi connectivity index (χ4v) is 2.34. The van der Waals surface area contributed by atoms with E-state index in [1.54, 1.807) is 14.2 Å². The van der Waals surface area contributed by atoms with Crippen molar-refractivity contribution in [2.45, 2.75) is 19.4 Å². The smallest absolute Gasteiger partial charge is 0.315 e. The lowest BCUT2D eigenvalue weighted by Gasteiger charge is -2.15. The average molecular weight is 328 g/mol. The van der Waals surface area contributed by atoms with Crippen molar-refractivity contribution in [1.82, 2.24) is 10.6 Å². The minimum absolute atomic E-state index is 0.0723. The van der Waals surface area contributed by atoms with Gasteiger partial charge in [-0.05, 0) is 48.7 Å². The first kappa shape index (κ1) is 17.7. The molecule has 24 heavy (non-hydrogen) atoms. The van der Waals surface area contributed by atoms with E-state index in [2.05, 4.69) is 10.6 Å². The molecule has 0 saturated heterocycles. The fourth-order valence-electron chi connectivity index (χ4n) is 2.34. The number of nitrogens with one attached hydrogen (secondary N) is 2. The Morgan fingerprint density at radius 3 is 2.04 bits per heavy atom. The maximum Gasteiger partial charge on any atom is 0.315 e. The maximum atomic E-state index is 12.0. The second kappa shape index (κ2) is 8.82. The van der Waals surface area contributed by atoms with Crippen LogP contribution in [0.3, 0.4) is 0 Å². The van der Waals surface area contributed by atoms with Gasteiger partial charge in [0.05, 0.1) is 20.3 Å². The van der Waals surface area contributed by atoms with Gasteiger partial charge in [0.25, 0.3) is 0 Å². The summed E-state index contributed by atoms with van der Waals surface area (Å²) in [5.41, 5.74) is 2.18. The van der Waals surface area contributed by atoms with Crippen LogP contribution in [0, 0.1) is 0 Å². The van der Waals surface area contributed by atoms with Gasteiger partial charge in [0.2, 0.25) is 0 Å². The van der Waals surface area contributed by atoms with Gasteiger partial charge < -0.3 is 20.1 Å². The molecular formula is C19H24N2O3. The zero-order valence-electron chi connectivity index (χ0n) is 14.3. The minimum atomic E-state index is -0.174. The highest BCUT2D eigenvalue weighted by Gasteiger charge is 2.09. The van der Waals surface area contributed by atoms with Gasteiger partial charge in [-0.3, -0.25) is 0 Å². The predicted octanol–water partition coefficient (Wildman–Crippen LogP) is 3.31. The molecule has 0 aliphatic carbocycles. The van der Waals surface area contributed by atoms with Gasteiger partial charge in [-0.15, -0.1) is 0 Å². The summed E-state index contributed by atoms with van der Waals surface area (Å²) in [5, 5.41) is 5.80. The first-order chi connectivity index (χ1) is 11.6. The molecule has 2 N–H and O–H groups in total. The Bertz CT molecular complexity index is 639. The van der Waals surface area contributed by atoms with Gasteiger partial charge in [-0.1, -0.05) is 24.3 Å².